The first kappa shape index (κ1) is 28.4. The molecule has 3 atom stereocenters. The van der Waals surface area contributed by atoms with E-state index in [2.05, 4.69) is 5.32 Å². The second-order valence-electron chi connectivity index (χ2n) is 9.26. The van der Waals surface area contributed by atoms with Crippen LogP contribution in [0.3, 0.4) is 0 Å². The van der Waals surface area contributed by atoms with Crippen molar-refractivity contribution in [3.05, 3.63) is 0 Å². The Kier molecular flexibility index (Phi) is 9.21. The Morgan fingerprint density at radius 3 is 1.87 bits per heavy atom. The van der Waals surface area contributed by atoms with Gasteiger partial charge in [-0.25, -0.2) is 13.8 Å². The van der Waals surface area contributed by atoms with E-state index in [-0.39, 0.29) is 6.42 Å². The van der Waals surface area contributed by atoms with Crippen LogP contribution in [-0.4, -0.2) is 61.9 Å². The first-order valence-electron chi connectivity index (χ1n) is 9.30. The van der Waals surface area contributed by atoms with Gasteiger partial charge in [0.1, 0.15) is 17.2 Å². The fourth-order valence-electron chi connectivity index (χ4n) is 1.99. The standard InChI is InChI=1S/C18H33F3N2O6S/c1-15(2,3)28-13(24)12(23-14(25)29-16(4,5)6)8-10-30(22,27)11-9-17(7,26)18(19,20)21/h12,22,26H,8-11H2,1-7H3,(H,23,25)/t12-,17?,30?/m0/s1. The molecule has 0 heterocycles. The Hall–Kier alpha value is -1.56. The molecule has 0 radical (unpaired) electrons. The lowest BCUT2D eigenvalue weighted by Gasteiger charge is -2.27. The zero-order valence-electron chi connectivity index (χ0n) is 18.4. The molecule has 8 nitrogen and oxygen atoms in total. The maximum absolute atomic E-state index is 12.7. The van der Waals surface area contributed by atoms with Crippen LogP contribution in [0.25, 0.3) is 0 Å². The van der Waals surface area contributed by atoms with Gasteiger partial charge in [-0.3, -0.25) is 4.78 Å². The number of aliphatic hydroxyl groups is 1. The van der Waals surface area contributed by atoms with E-state index in [0.717, 1.165) is 0 Å². The number of carbonyl (C=O) groups is 2. The zero-order chi connectivity index (χ0) is 24.2. The van der Waals surface area contributed by atoms with Crippen LogP contribution in [0.4, 0.5) is 18.0 Å². The first-order chi connectivity index (χ1) is 13.0. The number of amides is 1. The number of carbonyl (C=O) groups excluding carboxylic acids is 2. The third-order valence-corrected chi connectivity index (χ3v) is 5.41. The number of nitrogens with one attached hydrogen (secondary N) is 2. The minimum Gasteiger partial charge on any atom is -0.458 e. The summed E-state index contributed by atoms with van der Waals surface area (Å²) in [7, 11) is -3.58. The molecule has 2 unspecified atom stereocenters. The van der Waals surface area contributed by atoms with Crippen LogP contribution in [0.5, 0.6) is 0 Å². The Morgan fingerprint density at radius 1 is 1.00 bits per heavy atom. The van der Waals surface area contributed by atoms with Gasteiger partial charge in [0.25, 0.3) is 0 Å². The van der Waals surface area contributed by atoms with Crippen LogP contribution in [0.2, 0.25) is 0 Å². The van der Waals surface area contributed by atoms with Crippen molar-refractivity contribution < 1.29 is 41.5 Å². The van der Waals surface area contributed by atoms with E-state index in [4.69, 9.17) is 14.3 Å². The number of hydrogen-bond acceptors (Lipinski definition) is 7. The summed E-state index contributed by atoms with van der Waals surface area (Å²) in [5.74, 6) is -2.07. The predicted molar refractivity (Wildman–Crippen MR) is 106 cm³/mol. The third kappa shape index (κ3) is 11.6. The molecule has 0 aliphatic rings. The van der Waals surface area contributed by atoms with Crippen LogP contribution in [-0.2, 0) is 24.0 Å². The summed E-state index contributed by atoms with van der Waals surface area (Å²) >= 11 is 0. The second kappa shape index (κ2) is 9.71. The number of rotatable bonds is 8. The monoisotopic (exact) mass is 462 g/mol. The average molecular weight is 463 g/mol. The number of alkyl carbamates (subject to hydrolysis) is 1. The first-order valence-corrected chi connectivity index (χ1v) is 11.2. The summed E-state index contributed by atoms with van der Waals surface area (Å²) < 4.78 is 68.7. The molecule has 0 fully saturated rings. The summed E-state index contributed by atoms with van der Waals surface area (Å²) in [6.45, 7) is 10.2. The Balaban J connectivity index is 5.22. The van der Waals surface area contributed by atoms with E-state index in [1.54, 1.807) is 41.5 Å². The van der Waals surface area contributed by atoms with E-state index in [9.17, 15) is 32.1 Å². The van der Waals surface area contributed by atoms with Gasteiger partial charge in [-0.05, 0) is 61.3 Å². The summed E-state index contributed by atoms with van der Waals surface area (Å²) in [5, 5.41) is 11.7. The van der Waals surface area contributed by atoms with Crippen LogP contribution < -0.4 is 5.32 Å². The molecule has 30 heavy (non-hydrogen) atoms. The number of ether oxygens (including phenoxy) is 2. The molecule has 178 valence electrons. The smallest absolute Gasteiger partial charge is 0.416 e. The SMILES string of the molecule is CC(C)(C)OC(=O)N[C@@H](CCS(=N)(=O)CCC(C)(O)C(F)(F)F)C(=O)OC(C)(C)C. The third-order valence-electron chi connectivity index (χ3n) is 3.65. The Bertz CT molecular complexity index is 707. The molecule has 0 spiro atoms. The molecule has 1 amide bonds. The maximum atomic E-state index is 12.7. The van der Waals surface area contributed by atoms with Crippen LogP contribution in [0.15, 0.2) is 0 Å². The summed E-state index contributed by atoms with van der Waals surface area (Å²) in [6, 6.07) is -1.31. The molecular formula is C18H33F3N2O6S. The van der Waals surface area contributed by atoms with Crippen molar-refractivity contribution in [1.29, 1.82) is 4.78 Å². The highest BCUT2D eigenvalue weighted by Gasteiger charge is 2.49. The van der Waals surface area contributed by atoms with Crippen molar-refractivity contribution in [2.75, 3.05) is 11.5 Å². The molecule has 0 aliphatic heterocycles. The van der Waals surface area contributed by atoms with Gasteiger partial charge in [0.05, 0.1) is 0 Å². The number of halogens is 3. The lowest BCUT2D eigenvalue weighted by atomic mass is 10.0. The van der Waals surface area contributed by atoms with Gasteiger partial charge in [-0.1, -0.05) is 0 Å². The van der Waals surface area contributed by atoms with Crippen LogP contribution in [0, 0.1) is 4.78 Å². The van der Waals surface area contributed by atoms with Crippen LogP contribution in [0.1, 0.15) is 61.3 Å². The molecule has 0 aromatic rings. The van der Waals surface area contributed by atoms with Crippen LogP contribution >= 0.6 is 0 Å². The molecule has 12 heteroatoms. The highest BCUT2D eigenvalue weighted by Crippen LogP contribution is 2.33. The van der Waals surface area contributed by atoms with Crippen molar-refractivity contribution in [3.8, 4) is 0 Å². The average Bonchev–Trinajstić information content (AvgIpc) is 2.45. The number of hydrogen-bond donors (Lipinski definition) is 3. The second-order valence-corrected chi connectivity index (χ2v) is 11.7. The van der Waals surface area contributed by atoms with Crippen molar-refractivity contribution in [1.82, 2.24) is 5.32 Å². The minimum absolute atomic E-state index is 0.315. The van der Waals surface area contributed by atoms with Gasteiger partial charge in [-0.15, -0.1) is 0 Å². The van der Waals surface area contributed by atoms with Gasteiger partial charge in [0.15, 0.2) is 5.60 Å². The van der Waals surface area contributed by atoms with E-state index in [1.807, 2.05) is 0 Å². The van der Waals surface area contributed by atoms with Crippen molar-refractivity contribution in [2.45, 2.75) is 90.3 Å². The zero-order valence-corrected chi connectivity index (χ0v) is 19.3. The summed E-state index contributed by atoms with van der Waals surface area (Å²) in [4.78, 5) is 24.4. The lowest BCUT2D eigenvalue weighted by molar-refractivity contribution is -0.253. The topological polar surface area (TPSA) is 126 Å². The normalized spacial score (nSPS) is 18.0. The minimum atomic E-state index is -4.93. The maximum Gasteiger partial charge on any atom is 0.416 e. The quantitative estimate of drug-likeness (QED) is 0.475. The van der Waals surface area contributed by atoms with Gasteiger partial charge in [0.2, 0.25) is 0 Å². The Labute approximate surface area is 175 Å². The molecule has 0 saturated carbocycles. The Morgan fingerprint density at radius 2 is 1.47 bits per heavy atom. The fourth-order valence-corrected chi connectivity index (χ4v) is 3.54. The molecule has 0 bridgehead atoms. The van der Waals surface area contributed by atoms with Crippen molar-refractivity contribution in [3.63, 3.8) is 0 Å². The highest BCUT2D eigenvalue weighted by molar-refractivity contribution is 7.92. The highest BCUT2D eigenvalue weighted by atomic mass is 32.2. The van der Waals surface area contributed by atoms with E-state index in [1.165, 1.54) is 0 Å². The summed E-state index contributed by atoms with van der Waals surface area (Å²) in [6.07, 6.45) is -7.12. The fraction of sp³-hybridized carbons (Fsp3) is 0.889. The van der Waals surface area contributed by atoms with Crippen molar-refractivity contribution >= 4 is 21.8 Å². The molecule has 0 aliphatic carbocycles. The molecule has 0 aromatic carbocycles. The molecule has 0 rings (SSSR count). The molecular weight excluding hydrogens is 429 g/mol. The van der Waals surface area contributed by atoms with Gasteiger partial charge in [-0.2, -0.15) is 13.2 Å². The van der Waals surface area contributed by atoms with Gasteiger partial charge in [0, 0.05) is 21.2 Å². The largest absolute Gasteiger partial charge is 0.458 e. The molecule has 3 N–H and O–H groups in total. The summed E-state index contributed by atoms with van der Waals surface area (Å²) in [5.41, 5.74) is -4.83. The van der Waals surface area contributed by atoms with Gasteiger partial charge >= 0.3 is 18.2 Å². The predicted octanol–water partition coefficient (Wildman–Crippen LogP) is 3.36. The van der Waals surface area contributed by atoms with E-state index < -0.39 is 68.7 Å². The van der Waals surface area contributed by atoms with Crippen molar-refractivity contribution in [2.24, 2.45) is 0 Å². The van der Waals surface area contributed by atoms with E-state index >= 15 is 0 Å². The lowest BCUT2D eigenvalue weighted by Crippen LogP contribution is -2.47. The van der Waals surface area contributed by atoms with E-state index in [0.29, 0.717) is 6.92 Å². The molecule has 0 saturated heterocycles. The molecule has 0 aromatic heterocycles. The van der Waals surface area contributed by atoms with Gasteiger partial charge < -0.3 is 19.9 Å². The number of esters is 1. The number of alkyl halides is 3.